The first-order valence-electron chi connectivity index (χ1n) is 4.27. The molecule has 0 aliphatic heterocycles. The summed E-state index contributed by atoms with van der Waals surface area (Å²) in [6.07, 6.45) is 5.23. The minimum atomic E-state index is -0.511. The van der Waals surface area contributed by atoms with Crippen LogP contribution in [-0.4, -0.2) is 20.3 Å². The molecular formula is C9H8Cl2N4OS. The van der Waals surface area contributed by atoms with Crippen molar-refractivity contribution < 1.29 is 4.79 Å². The molecule has 0 aliphatic carbocycles. The molecule has 3 aromatic heterocycles. The Hall–Kier alpha value is -1.37. The zero-order valence-corrected chi connectivity index (χ0v) is 10.8. The van der Waals surface area contributed by atoms with Gasteiger partial charge >= 0.3 is 0 Å². The van der Waals surface area contributed by atoms with Crippen LogP contribution in [0.3, 0.4) is 0 Å². The fourth-order valence-corrected chi connectivity index (χ4v) is 2.47. The lowest BCUT2D eigenvalue weighted by Gasteiger charge is -1.94. The summed E-state index contributed by atoms with van der Waals surface area (Å²) in [6.45, 7) is 0. The average Bonchev–Trinajstić information content (AvgIpc) is 2.75. The lowest BCUT2D eigenvalue weighted by Crippen LogP contribution is -2.12. The van der Waals surface area contributed by atoms with Gasteiger partial charge in [-0.05, 0) is 6.07 Å². The Morgan fingerprint density at radius 1 is 1.35 bits per heavy atom. The molecule has 0 bridgehead atoms. The van der Waals surface area contributed by atoms with Crippen LogP contribution in [0.15, 0.2) is 24.7 Å². The second kappa shape index (κ2) is 4.87. The molecule has 17 heavy (non-hydrogen) atoms. The highest BCUT2D eigenvalue weighted by Gasteiger charge is 2.08. The topological polar surface area (TPSA) is 73.3 Å². The number of carbonyl (C=O) groups excluding carboxylic acids is 1. The van der Waals surface area contributed by atoms with Crippen LogP contribution in [0.2, 0.25) is 0 Å². The van der Waals surface area contributed by atoms with Crippen molar-refractivity contribution in [1.29, 1.82) is 0 Å². The number of nitrogens with zero attached hydrogens (tertiary/aromatic N) is 3. The Morgan fingerprint density at radius 3 is 2.82 bits per heavy atom. The first kappa shape index (κ1) is 13.7. The lowest BCUT2D eigenvalue weighted by molar-refractivity contribution is 0.0996. The molecule has 0 aromatic carbocycles. The molecule has 0 saturated heterocycles. The van der Waals surface area contributed by atoms with E-state index in [9.17, 15) is 4.79 Å². The van der Waals surface area contributed by atoms with Gasteiger partial charge in [-0.25, -0.2) is 9.97 Å². The predicted octanol–water partition coefficient (Wildman–Crippen LogP) is 1.89. The minimum Gasteiger partial charge on any atom is -0.364 e. The van der Waals surface area contributed by atoms with Gasteiger partial charge in [-0.2, -0.15) is 0 Å². The molecule has 1 amide bonds. The second-order valence-corrected chi connectivity index (χ2v) is 4.09. The molecule has 0 unspecified atom stereocenters. The van der Waals surface area contributed by atoms with Gasteiger partial charge in [0.15, 0.2) is 4.96 Å². The van der Waals surface area contributed by atoms with Gasteiger partial charge in [-0.1, -0.05) is 11.3 Å². The second-order valence-electron chi connectivity index (χ2n) is 3.08. The van der Waals surface area contributed by atoms with Crippen molar-refractivity contribution in [1.82, 2.24) is 14.4 Å². The fourth-order valence-electron chi connectivity index (χ4n) is 1.47. The summed E-state index contributed by atoms with van der Waals surface area (Å²) in [4.78, 5) is 20.0. The maximum Gasteiger partial charge on any atom is 0.267 e. The van der Waals surface area contributed by atoms with Crippen molar-refractivity contribution in [3.05, 3.63) is 30.4 Å². The van der Waals surface area contributed by atoms with Crippen molar-refractivity contribution in [2.75, 3.05) is 0 Å². The van der Waals surface area contributed by atoms with Gasteiger partial charge < -0.3 is 5.73 Å². The number of aromatic nitrogens is 3. The molecule has 3 aromatic rings. The molecule has 2 N–H and O–H groups in total. The summed E-state index contributed by atoms with van der Waals surface area (Å²) in [5.41, 5.74) is 6.38. The van der Waals surface area contributed by atoms with Crippen LogP contribution in [0.1, 0.15) is 10.5 Å². The number of amides is 1. The summed E-state index contributed by atoms with van der Waals surface area (Å²) >= 11 is 1.50. The van der Waals surface area contributed by atoms with Crippen molar-refractivity contribution in [3.8, 4) is 0 Å². The van der Waals surface area contributed by atoms with Gasteiger partial charge in [-0.15, -0.1) is 24.8 Å². The van der Waals surface area contributed by atoms with E-state index in [0.717, 1.165) is 15.2 Å². The molecule has 5 nitrogen and oxygen atoms in total. The summed E-state index contributed by atoms with van der Waals surface area (Å²) in [6, 6.07) is 1.69. The van der Waals surface area contributed by atoms with E-state index in [1.807, 2.05) is 10.6 Å². The van der Waals surface area contributed by atoms with Crippen molar-refractivity contribution in [2.45, 2.75) is 0 Å². The van der Waals surface area contributed by atoms with Crippen LogP contribution in [0, 0.1) is 0 Å². The van der Waals surface area contributed by atoms with Crippen LogP contribution >= 0.6 is 36.2 Å². The third-order valence-corrected chi connectivity index (χ3v) is 3.20. The van der Waals surface area contributed by atoms with Gasteiger partial charge in [0.05, 0.1) is 16.4 Å². The van der Waals surface area contributed by atoms with Crippen LogP contribution < -0.4 is 5.73 Å². The largest absolute Gasteiger partial charge is 0.364 e. The minimum absolute atomic E-state index is 0. The average molecular weight is 291 g/mol. The number of nitrogens with two attached hydrogens (primary N) is 1. The number of imidazole rings is 1. The zero-order valence-electron chi connectivity index (χ0n) is 8.36. The molecule has 0 atom stereocenters. The van der Waals surface area contributed by atoms with Gasteiger partial charge in [0, 0.05) is 12.4 Å². The Kier molecular flexibility index (Phi) is 3.92. The van der Waals surface area contributed by atoms with E-state index in [4.69, 9.17) is 5.73 Å². The standard InChI is InChI=1S/C9H6N4OS.2ClH/c10-8(14)5-3-7-6(4-12-5)13-2-1-11-9(13)15-7;;/h1-4H,(H2,10,14);2*1H. The molecule has 3 rings (SSSR count). The summed E-state index contributed by atoms with van der Waals surface area (Å²) in [7, 11) is 0. The lowest BCUT2D eigenvalue weighted by atomic mass is 10.3. The smallest absolute Gasteiger partial charge is 0.267 e. The molecule has 0 aliphatic rings. The highest BCUT2D eigenvalue weighted by atomic mass is 35.5. The van der Waals surface area contributed by atoms with Crippen LogP contribution in [0.5, 0.6) is 0 Å². The Morgan fingerprint density at radius 2 is 2.12 bits per heavy atom. The third-order valence-electron chi connectivity index (χ3n) is 2.17. The number of carbonyl (C=O) groups is 1. The van der Waals surface area contributed by atoms with E-state index >= 15 is 0 Å². The molecule has 0 saturated carbocycles. The number of halogens is 2. The summed E-state index contributed by atoms with van der Waals surface area (Å²) in [5, 5.41) is 0. The van der Waals surface area contributed by atoms with E-state index < -0.39 is 5.91 Å². The van der Waals surface area contributed by atoms with Crippen molar-refractivity contribution in [3.63, 3.8) is 0 Å². The number of primary amides is 1. The number of hydrogen-bond acceptors (Lipinski definition) is 4. The maximum atomic E-state index is 10.9. The predicted molar refractivity (Wildman–Crippen MR) is 71.4 cm³/mol. The quantitative estimate of drug-likeness (QED) is 0.744. The van der Waals surface area contributed by atoms with E-state index in [1.165, 1.54) is 11.3 Å². The first-order valence-corrected chi connectivity index (χ1v) is 5.09. The maximum absolute atomic E-state index is 10.9. The number of rotatable bonds is 1. The monoisotopic (exact) mass is 290 g/mol. The molecule has 0 spiro atoms. The summed E-state index contributed by atoms with van der Waals surface area (Å²) in [5.74, 6) is -0.511. The highest BCUT2D eigenvalue weighted by molar-refractivity contribution is 7.23. The Bertz CT molecular complexity index is 678. The van der Waals surface area contributed by atoms with Crippen molar-refractivity contribution >= 4 is 57.2 Å². The highest BCUT2D eigenvalue weighted by Crippen LogP contribution is 2.24. The van der Waals surface area contributed by atoms with Gasteiger partial charge in [-0.3, -0.25) is 9.20 Å². The normalized spacial score (nSPS) is 9.88. The SMILES string of the molecule is Cl.Cl.NC(=O)c1cc2sc3nccn3c2cn1. The molecule has 0 fully saturated rings. The third kappa shape index (κ3) is 2.06. The number of fused-ring (bicyclic) bond motifs is 3. The molecular weight excluding hydrogens is 283 g/mol. The van der Waals surface area contributed by atoms with Gasteiger partial charge in [0.1, 0.15) is 5.69 Å². The Balaban J connectivity index is 0.000000722. The van der Waals surface area contributed by atoms with Gasteiger partial charge in [0.2, 0.25) is 0 Å². The molecule has 0 radical (unpaired) electrons. The van der Waals surface area contributed by atoms with E-state index in [-0.39, 0.29) is 30.5 Å². The number of hydrogen-bond donors (Lipinski definition) is 1. The molecule has 3 heterocycles. The van der Waals surface area contributed by atoms with E-state index in [0.29, 0.717) is 0 Å². The fraction of sp³-hybridized carbons (Fsp3) is 0. The first-order chi connectivity index (χ1) is 7.25. The van der Waals surface area contributed by atoms with E-state index in [1.54, 1.807) is 18.5 Å². The van der Waals surface area contributed by atoms with Crippen LogP contribution in [-0.2, 0) is 0 Å². The number of pyridine rings is 1. The summed E-state index contributed by atoms with van der Waals surface area (Å²) < 4.78 is 2.89. The molecule has 8 heteroatoms. The molecule has 90 valence electrons. The number of thiazole rings is 1. The Labute approximate surface area is 112 Å². The zero-order chi connectivity index (χ0) is 10.4. The van der Waals surface area contributed by atoms with Crippen LogP contribution in [0.4, 0.5) is 0 Å². The van der Waals surface area contributed by atoms with Gasteiger partial charge in [0.25, 0.3) is 5.91 Å². The van der Waals surface area contributed by atoms with Crippen molar-refractivity contribution in [2.24, 2.45) is 5.73 Å². The van der Waals surface area contributed by atoms with E-state index in [2.05, 4.69) is 9.97 Å². The van der Waals surface area contributed by atoms with Crippen LogP contribution in [0.25, 0.3) is 15.2 Å².